The van der Waals surface area contributed by atoms with Crippen LogP contribution in [0, 0.1) is 0 Å². The van der Waals surface area contributed by atoms with E-state index >= 15 is 0 Å². The lowest BCUT2D eigenvalue weighted by molar-refractivity contribution is -0.119. The summed E-state index contributed by atoms with van der Waals surface area (Å²) in [5.74, 6) is -0.369. The van der Waals surface area contributed by atoms with Crippen molar-refractivity contribution in [3.8, 4) is 11.3 Å². The van der Waals surface area contributed by atoms with Crippen molar-refractivity contribution in [3.63, 3.8) is 0 Å². The van der Waals surface area contributed by atoms with Crippen LogP contribution in [0.5, 0.6) is 0 Å². The number of H-pyrrole nitrogens is 1. The highest BCUT2D eigenvalue weighted by Crippen LogP contribution is 2.25. The molecule has 0 fully saturated rings. The Labute approximate surface area is 140 Å². The van der Waals surface area contributed by atoms with Gasteiger partial charge in [-0.1, -0.05) is 39.8 Å². The number of halogens is 1. The van der Waals surface area contributed by atoms with Crippen molar-refractivity contribution >= 4 is 39.6 Å². The molecule has 1 aromatic heterocycles. The van der Waals surface area contributed by atoms with E-state index in [4.69, 9.17) is 0 Å². The monoisotopic (exact) mass is 382 g/mol. The number of urea groups is 1. The number of aromatic nitrogens is 2. The maximum atomic E-state index is 11.8. The van der Waals surface area contributed by atoms with Gasteiger partial charge in [-0.05, 0) is 24.6 Å². The molecule has 2 aromatic rings. The zero-order valence-corrected chi connectivity index (χ0v) is 14.4. The van der Waals surface area contributed by atoms with E-state index in [1.54, 1.807) is 13.1 Å². The summed E-state index contributed by atoms with van der Waals surface area (Å²) in [7, 11) is 1.46. The van der Waals surface area contributed by atoms with Crippen molar-refractivity contribution in [2.24, 2.45) is 0 Å². The lowest BCUT2D eigenvalue weighted by atomic mass is 10.2. The Morgan fingerprint density at radius 1 is 1.32 bits per heavy atom. The van der Waals surface area contributed by atoms with Gasteiger partial charge in [0.15, 0.2) is 5.16 Å². The quantitative estimate of drug-likeness (QED) is 0.709. The van der Waals surface area contributed by atoms with Gasteiger partial charge >= 0.3 is 6.03 Å². The second kappa shape index (κ2) is 7.46. The third-order valence-electron chi connectivity index (χ3n) is 2.83. The van der Waals surface area contributed by atoms with E-state index in [9.17, 15) is 9.59 Å². The lowest BCUT2D eigenvalue weighted by Crippen LogP contribution is -2.41. The molecule has 1 aromatic carbocycles. The van der Waals surface area contributed by atoms with Crippen LogP contribution in [0.4, 0.5) is 4.79 Å². The zero-order valence-electron chi connectivity index (χ0n) is 12.0. The van der Waals surface area contributed by atoms with Crippen LogP contribution in [0.2, 0.25) is 0 Å². The van der Waals surface area contributed by atoms with Crippen molar-refractivity contribution in [1.82, 2.24) is 20.6 Å². The number of imide groups is 1. The minimum atomic E-state index is -0.521. The predicted octanol–water partition coefficient (Wildman–Crippen LogP) is 2.78. The van der Waals surface area contributed by atoms with E-state index in [-0.39, 0.29) is 5.91 Å². The van der Waals surface area contributed by atoms with Gasteiger partial charge in [-0.2, -0.15) is 0 Å². The highest BCUT2D eigenvalue weighted by atomic mass is 79.9. The van der Waals surface area contributed by atoms with Crippen LogP contribution in [0.3, 0.4) is 0 Å². The number of rotatable bonds is 4. The van der Waals surface area contributed by atoms with Crippen LogP contribution in [-0.4, -0.2) is 34.2 Å². The number of thioether (sulfide) groups is 1. The lowest BCUT2D eigenvalue weighted by Gasteiger charge is -2.08. The summed E-state index contributed by atoms with van der Waals surface area (Å²) in [6.45, 7) is 1.71. The molecule has 116 valence electrons. The number of carbonyl (C=O) groups excluding carboxylic acids is 2. The summed E-state index contributed by atoms with van der Waals surface area (Å²) < 4.78 is 1.00. The summed E-state index contributed by atoms with van der Waals surface area (Å²) in [5, 5.41) is 4.75. The average Bonchev–Trinajstić information content (AvgIpc) is 2.96. The first-order valence-corrected chi connectivity index (χ1v) is 8.17. The van der Waals surface area contributed by atoms with Gasteiger partial charge < -0.3 is 10.3 Å². The van der Waals surface area contributed by atoms with Crippen LogP contribution < -0.4 is 10.6 Å². The molecule has 0 spiro atoms. The summed E-state index contributed by atoms with van der Waals surface area (Å²) >= 11 is 4.65. The molecule has 0 saturated carbocycles. The standard InChI is InChI=1S/C14H15BrN4O2S/c1-8(12(20)19-13(21)16-2)22-14-17-7-11(18-14)9-3-5-10(15)6-4-9/h3-8H,1-2H3,(H,17,18)(H2,16,19,20,21)/t8-/m1/s1. The molecule has 8 heteroatoms. The van der Waals surface area contributed by atoms with E-state index in [2.05, 4.69) is 36.5 Å². The molecule has 0 radical (unpaired) electrons. The van der Waals surface area contributed by atoms with Gasteiger partial charge in [0.1, 0.15) is 0 Å². The predicted molar refractivity (Wildman–Crippen MR) is 89.6 cm³/mol. The van der Waals surface area contributed by atoms with Gasteiger partial charge in [-0.3, -0.25) is 10.1 Å². The molecule has 0 bridgehead atoms. The second-order valence-electron chi connectivity index (χ2n) is 4.44. The van der Waals surface area contributed by atoms with Crippen LogP contribution >= 0.6 is 27.7 Å². The van der Waals surface area contributed by atoms with Crippen LogP contribution in [0.1, 0.15) is 6.92 Å². The van der Waals surface area contributed by atoms with E-state index in [0.717, 1.165) is 15.7 Å². The number of nitrogens with zero attached hydrogens (tertiary/aromatic N) is 1. The highest BCUT2D eigenvalue weighted by Gasteiger charge is 2.18. The van der Waals surface area contributed by atoms with Gasteiger partial charge in [0, 0.05) is 11.5 Å². The fourth-order valence-corrected chi connectivity index (χ4v) is 2.68. The molecule has 2 rings (SSSR count). The van der Waals surface area contributed by atoms with E-state index in [1.807, 2.05) is 24.3 Å². The smallest absolute Gasteiger partial charge is 0.321 e. The maximum absolute atomic E-state index is 11.8. The van der Waals surface area contributed by atoms with Gasteiger partial charge in [-0.25, -0.2) is 9.78 Å². The zero-order chi connectivity index (χ0) is 16.1. The second-order valence-corrected chi connectivity index (χ2v) is 6.68. The Morgan fingerprint density at radius 2 is 2.00 bits per heavy atom. The van der Waals surface area contributed by atoms with Crippen molar-refractivity contribution in [3.05, 3.63) is 34.9 Å². The number of hydrogen-bond acceptors (Lipinski definition) is 4. The maximum Gasteiger partial charge on any atom is 0.321 e. The largest absolute Gasteiger partial charge is 0.341 e. The Kier molecular flexibility index (Phi) is 5.62. The minimum Gasteiger partial charge on any atom is -0.341 e. The van der Waals surface area contributed by atoms with Crippen LogP contribution in [0.15, 0.2) is 40.1 Å². The molecule has 0 aliphatic carbocycles. The Hall–Kier alpha value is -1.80. The third-order valence-corrected chi connectivity index (χ3v) is 4.36. The molecule has 3 N–H and O–H groups in total. The third kappa shape index (κ3) is 4.35. The van der Waals surface area contributed by atoms with Gasteiger partial charge in [-0.15, -0.1) is 0 Å². The molecular weight excluding hydrogens is 368 g/mol. The van der Waals surface area contributed by atoms with Crippen molar-refractivity contribution in [1.29, 1.82) is 0 Å². The Morgan fingerprint density at radius 3 is 2.64 bits per heavy atom. The molecular formula is C14H15BrN4O2S. The molecule has 0 aliphatic rings. The number of benzene rings is 1. The van der Waals surface area contributed by atoms with Gasteiger partial charge in [0.25, 0.3) is 0 Å². The number of amides is 3. The van der Waals surface area contributed by atoms with Crippen LogP contribution in [0.25, 0.3) is 11.3 Å². The Bertz CT molecular complexity index is 672. The fraction of sp³-hybridized carbons (Fsp3) is 0.214. The van der Waals surface area contributed by atoms with Crippen molar-refractivity contribution < 1.29 is 9.59 Å². The number of nitrogens with one attached hydrogen (secondary N) is 3. The van der Waals surface area contributed by atoms with E-state index < -0.39 is 11.3 Å². The first-order chi connectivity index (χ1) is 10.5. The average molecular weight is 383 g/mol. The summed E-state index contributed by atoms with van der Waals surface area (Å²) in [5.41, 5.74) is 1.87. The SMILES string of the molecule is CNC(=O)NC(=O)[C@@H](C)Sc1ncc(-c2ccc(Br)cc2)[nH]1. The van der Waals surface area contributed by atoms with Gasteiger partial charge in [0.05, 0.1) is 17.1 Å². The molecule has 3 amide bonds. The molecule has 0 saturated heterocycles. The van der Waals surface area contributed by atoms with Crippen LogP contribution in [-0.2, 0) is 4.79 Å². The van der Waals surface area contributed by atoms with E-state index in [0.29, 0.717) is 5.16 Å². The topological polar surface area (TPSA) is 86.9 Å². The number of carbonyl (C=O) groups is 2. The summed E-state index contributed by atoms with van der Waals surface area (Å²) in [4.78, 5) is 30.3. The number of hydrogen-bond donors (Lipinski definition) is 3. The number of imidazole rings is 1. The molecule has 6 nitrogen and oxygen atoms in total. The first-order valence-electron chi connectivity index (χ1n) is 6.49. The Balaban J connectivity index is 2.01. The number of aromatic amines is 1. The normalized spacial score (nSPS) is 11.8. The molecule has 0 unspecified atom stereocenters. The fourth-order valence-electron chi connectivity index (χ4n) is 1.64. The molecule has 1 heterocycles. The first kappa shape index (κ1) is 16.6. The molecule has 22 heavy (non-hydrogen) atoms. The molecule has 1 atom stereocenters. The minimum absolute atomic E-state index is 0.369. The van der Waals surface area contributed by atoms with Gasteiger partial charge in [0.2, 0.25) is 5.91 Å². The molecule has 0 aliphatic heterocycles. The van der Waals surface area contributed by atoms with Crippen molar-refractivity contribution in [2.45, 2.75) is 17.3 Å². The van der Waals surface area contributed by atoms with E-state index in [1.165, 1.54) is 18.8 Å². The summed E-state index contributed by atoms with van der Waals surface area (Å²) in [6, 6.07) is 7.30. The highest BCUT2D eigenvalue weighted by molar-refractivity contribution is 9.10. The summed E-state index contributed by atoms with van der Waals surface area (Å²) in [6.07, 6.45) is 1.72. The van der Waals surface area contributed by atoms with Crippen molar-refractivity contribution in [2.75, 3.05) is 7.05 Å².